The van der Waals surface area contributed by atoms with Crippen LogP contribution in [0.2, 0.25) is 0 Å². The van der Waals surface area contributed by atoms with E-state index < -0.39 is 23.8 Å². The van der Waals surface area contributed by atoms with Gasteiger partial charge in [-0.15, -0.1) is 0 Å². The van der Waals surface area contributed by atoms with Crippen molar-refractivity contribution in [2.24, 2.45) is 0 Å². The molecule has 2 aliphatic rings. The minimum absolute atomic E-state index is 0.129. The van der Waals surface area contributed by atoms with E-state index in [1.54, 1.807) is 24.3 Å². The molecule has 1 aromatic carbocycles. The number of piperidine rings is 1. The van der Waals surface area contributed by atoms with Gasteiger partial charge in [-0.05, 0) is 18.6 Å². The maximum absolute atomic E-state index is 12.2. The zero-order chi connectivity index (χ0) is 13.6. The van der Waals surface area contributed by atoms with Crippen molar-refractivity contribution in [1.82, 2.24) is 10.2 Å². The third-order valence-corrected chi connectivity index (χ3v) is 3.35. The number of benzene rings is 1. The summed E-state index contributed by atoms with van der Waals surface area (Å²) in [5.74, 6) is -1.92. The largest absolute Gasteiger partial charge is 0.295 e. The summed E-state index contributed by atoms with van der Waals surface area (Å²) in [7, 11) is 0. The van der Waals surface area contributed by atoms with Crippen molar-refractivity contribution in [2.45, 2.75) is 18.9 Å². The van der Waals surface area contributed by atoms with Gasteiger partial charge in [0.1, 0.15) is 6.04 Å². The normalized spacial score (nSPS) is 22.5. The number of hydrogen-bond donors (Lipinski definition) is 1. The maximum atomic E-state index is 12.2. The number of hydrogen-bond acceptors (Lipinski definition) is 4. The highest BCUT2D eigenvalue weighted by molar-refractivity contribution is 6.23. The Morgan fingerprint density at radius 2 is 1.58 bits per heavy atom. The van der Waals surface area contributed by atoms with Crippen molar-refractivity contribution in [3.05, 3.63) is 35.4 Å². The first kappa shape index (κ1) is 11.6. The van der Waals surface area contributed by atoms with Crippen molar-refractivity contribution in [1.29, 1.82) is 0 Å². The molecule has 3 rings (SSSR count). The van der Waals surface area contributed by atoms with Gasteiger partial charge < -0.3 is 0 Å². The van der Waals surface area contributed by atoms with Crippen LogP contribution in [-0.2, 0) is 9.59 Å². The third-order valence-electron chi connectivity index (χ3n) is 3.35. The van der Waals surface area contributed by atoms with Gasteiger partial charge in [-0.25, -0.2) is 0 Å². The summed E-state index contributed by atoms with van der Waals surface area (Å²) in [6, 6.07) is 5.55. The minimum Gasteiger partial charge on any atom is -0.295 e. The molecule has 1 aromatic rings. The van der Waals surface area contributed by atoms with Gasteiger partial charge in [0, 0.05) is 6.42 Å². The van der Waals surface area contributed by atoms with Gasteiger partial charge in [0.25, 0.3) is 11.8 Å². The maximum Gasteiger partial charge on any atom is 0.262 e. The molecule has 1 atom stereocenters. The van der Waals surface area contributed by atoms with E-state index >= 15 is 0 Å². The average molecular weight is 260 g/mol. The molecule has 0 aliphatic carbocycles. The van der Waals surface area contributed by atoms with Crippen LogP contribution in [0.5, 0.6) is 0 Å². The Labute approximate surface area is 108 Å². The predicted molar refractivity (Wildman–Crippen MR) is 63.1 cm³/mol. The molecule has 2 heterocycles. The van der Waals surface area contributed by atoms with E-state index in [1.165, 1.54) is 0 Å². The standard InChI is InChI=1S/C13H10N2O4/c16-10-6-5-9(11(17)14-10)15-12(18)7-3-1-2-4-8(7)13(15)19/h1-4,9H,5-6H2,(H,14,16,17)/i9+1,10+1. The van der Waals surface area contributed by atoms with E-state index in [1.807, 2.05) is 0 Å². The predicted octanol–water partition coefficient (Wildman–Crippen LogP) is 0.0878. The highest BCUT2D eigenvalue weighted by Crippen LogP contribution is 2.26. The molecule has 0 bridgehead atoms. The van der Waals surface area contributed by atoms with E-state index in [2.05, 4.69) is 5.32 Å². The van der Waals surface area contributed by atoms with E-state index in [4.69, 9.17) is 0 Å². The number of imide groups is 2. The lowest BCUT2D eigenvalue weighted by Crippen LogP contribution is -2.54. The first-order chi connectivity index (χ1) is 9.09. The van der Waals surface area contributed by atoms with Crippen LogP contribution < -0.4 is 5.32 Å². The Balaban J connectivity index is 1.96. The van der Waals surface area contributed by atoms with Gasteiger partial charge in [0.15, 0.2) is 0 Å². The Hall–Kier alpha value is -2.50. The van der Waals surface area contributed by atoms with E-state index in [9.17, 15) is 19.2 Å². The fraction of sp³-hybridized carbons (Fsp3) is 0.231. The van der Waals surface area contributed by atoms with E-state index in [-0.39, 0.29) is 18.7 Å². The molecule has 1 unspecified atom stereocenters. The monoisotopic (exact) mass is 260 g/mol. The third kappa shape index (κ3) is 1.64. The van der Waals surface area contributed by atoms with Gasteiger partial charge in [-0.1, -0.05) is 12.1 Å². The van der Waals surface area contributed by atoms with E-state index in [0.717, 1.165) is 4.90 Å². The molecule has 1 N–H and O–H groups in total. The molecular formula is C13H10N2O4. The van der Waals surface area contributed by atoms with Gasteiger partial charge in [-0.3, -0.25) is 29.4 Å². The Kier molecular flexibility index (Phi) is 2.45. The lowest BCUT2D eigenvalue weighted by atomic mass is 10.1. The summed E-state index contributed by atoms with van der Waals surface area (Å²) in [6.07, 6.45) is 0.306. The van der Waals surface area contributed by atoms with Crippen molar-refractivity contribution in [3.63, 3.8) is 0 Å². The number of fused-ring (bicyclic) bond motifs is 1. The summed E-state index contributed by atoms with van der Waals surface area (Å²) < 4.78 is 0. The number of nitrogens with one attached hydrogen (secondary N) is 1. The molecule has 0 radical (unpaired) electrons. The van der Waals surface area contributed by atoms with Crippen molar-refractivity contribution in [2.75, 3.05) is 0 Å². The van der Waals surface area contributed by atoms with Gasteiger partial charge >= 0.3 is 0 Å². The van der Waals surface area contributed by atoms with Crippen LogP contribution >= 0.6 is 0 Å². The summed E-state index contributed by atoms with van der Waals surface area (Å²) in [5, 5.41) is 2.15. The minimum atomic E-state index is -0.898. The Bertz CT molecular complexity index is 588. The lowest BCUT2D eigenvalue weighted by molar-refractivity contribution is -0.136. The summed E-state index contributed by atoms with van der Waals surface area (Å²) in [6.45, 7) is 0. The van der Waals surface area contributed by atoms with Crippen LogP contribution in [0.3, 0.4) is 0 Å². The first-order valence-corrected chi connectivity index (χ1v) is 5.90. The molecule has 19 heavy (non-hydrogen) atoms. The van der Waals surface area contributed by atoms with Crippen LogP contribution in [0.4, 0.5) is 0 Å². The number of amides is 4. The zero-order valence-electron chi connectivity index (χ0n) is 9.88. The van der Waals surface area contributed by atoms with Crippen LogP contribution in [0.1, 0.15) is 33.6 Å². The average Bonchev–Trinajstić information content (AvgIpc) is 2.64. The molecule has 2 aliphatic heterocycles. The molecule has 0 saturated carbocycles. The lowest BCUT2D eigenvalue weighted by Gasteiger charge is -2.27. The molecule has 1 fully saturated rings. The Morgan fingerprint density at radius 3 is 2.11 bits per heavy atom. The fourth-order valence-electron chi connectivity index (χ4n) is 2.42. The second-order valence-corrected chi connectivity index (χ2v) is 4.49. The van der Waals surface area contributed by atoms with Crippen LogP contribution in [0, 0.1) is 0 Å². The van der Waals surface area contributed by atoms with Crippen LogP contribution in [0.25, 0.3) is 0 Å². The number of nitrogens with zero attached hydrogens (tertiary/aromatic N) is 1. The SMILES string of the molecule is O=C1N[13C](=O)CC[13CH]1N1C(=O)c2ccccc2C1=O. The molecule has 96 valence electrons. The molecule has 0 spiro atoms. The smallest absolute Gasteiger partial charge is 0.262 e. The van der Waals surface area contributed by atoms with Gasteiger partial charge in [0.2, 0.25) is 11.8 Å². The molecule has 0 aromatic heterocycles. The first-order valence-electron chi connectivity index (χ1n) is 5.90. The summed E-state index contributed by atoms with van der Waals surface area (Å²) in [4.78, 5) is 48.1. The van der Waals surface area contributed by atoms with Crippen molar-refractivity contribution in [3.8, 4) is 0 Å². The van der Waals surface area contributed by atoms with Crippen LogP contribution in [-0.4, -0.2) is 34.6 Å². The van der Waals surface area contributed by atoms with E-state index in [0.29, 0.717) is 11.1 Å². The summed E-state index contributed by atoms with van der Waals surface area (Å²) >= 11 is 0. The number of carbonyl (C=O) groups excluding carboxylic acids is 4. The summed E-state index contributed by atoms with van der Waals surface area (Å²) in [5.41, 5.74) is 0.606. The highest BCUT2D eigenvalue weighted by atomic mass is 16.2. The highest BCUT2D eigenvalue weighted by Gasteiger charge is 2.44. The second kappa shape index (κ2) is 4.01. The molecule has 1 saturated heterocycles. The quantitative estimate of drug-likeness (QED) is 0.573. The van der Waals surface area contributed by atoms with Gasteiger partial charge in [0.05, 0.1) is 11.1 Å². The fourth-order valence-corrected chi connectivity index (χ4v) is 2.42. The number of carbonyl (C=O) groups is 4. The molecule has 6 nitrogen and oxygen atoms in total. The zero-order valence-corrected chi connectivity index (χ0v) is 9.88. The topological polar surface area (TPSA) is 83.6 Å². The second-order valence-electron chi connectivity index (χ2n) is 4.49. The van der Waals surface area contributed by atoms with Crippen molar-refractivity contribution >= 4 is 23.6 Å². The number of rotatable bonds is 1. The van der Waals surface area contributed by atoms with Crippen molar-refractivity contribution < 1.29 is 19.2 Å². The van der Waals surface area contributed by atoms with Crippen LogP contribution in [0.15, 0.2) is 24.3 Å². The molecule has 6 heteroatoms. The molecular weight excluding hydrogens is 250 g/mol. The van der Waals surface area contributed by atoms with Gasteiger partial charge in [-0.2, -0.15) is 0 Å². The Morgan fingerprint density at radius 1 is 1.00 bits per heavy atom. The molecule has 4 amide bonds.